The molecule has 0 radical (unpaired) electrons. The van der Waals surface area contributed by atoms with E-state index in [1.54, 1.807) is 0 Å². The van der Waals surface area contributed by atoms with Crippen LogP contribution in [-0.4, -0.2) is 0 Å². The predicted molar refractivity (Wildman–Crippen MR) is 313 cm³/mol. The third kappa shape index (κ3) is 14.1. The summed E-state index contributed by atoms with van der Waals surface area (Å²) in [5.41, 5.74) is 19.1. The van der Waals surface area contributed by atoms with Crippen LogP contribution in [0.1, 0.15) is 102 Å². The Labute approximate surface area is 432 Å². The third-order valence-corrected chi connectivity index (χ3v) is 14.0. The highest BCUT2D eigenvalue weighted by Crippen LogP contribution is 2.37. The van der Waals surface area contributed by atoms with Gasteiger partial charge in [0.05, 0.1) is 0 Å². The Morgan fingerprint density at radius 2 is 1.26 bits per heavy atom. The first kappa shape index (κ1) is 51.0. The summed E-state index contributed by atoms with van der Waals surface area (Å²) in [5.74, 6) is 0.291. The summed E-state index contributed by atoms with van der Waals surface area (Å²) in [6, 6.07) is 59.3. The van der Waals surface area contributed by atoms with Crippen LogP contribution in [0.4, 0.5) is 22.7 Å². The molecule has 0 heterocycles. The fourth-order valence-corrected chi connectivity index (χ4v) is 9.81. The van der Waals surface area contributed by atoms with Crippen molar-refractivity contribution in [2.75, 3.05) is 9.80 Å². The standard InChI is InChI=1S/C70H74N2/c1-5-7-8-9-14-26-57-27-24-28-58(54-57)39-47-67(71(65-33-19-12-20-34-65)69-50-43-63(44-51-69)61-29-15-10-16-30-61)37-23-25-55(3)59(6-2)40-38-56(4)60-41-48-68(49-42-60)72(66-35-21-13-22-36-66)70-52-45-64(46-53-70)62-31-17-11-18-32-62/h9,11-15,17-25,27-36,38,40-43,45-50,52-55H,5-8,10,16,26,37,39,44,51H2,1-4H3/b14-9-,25-23-,56-38+,59-40+,67-47+. The van der Waals surface area contributed by atoms with E-state index in [-0.39, 0.29) is 0 Å². The maximum Gasteiger partial charge on any atom is 0.0462 e. The van der Waals surface area contributed by atoms with Crippen molar-refractivity contribution in [3.05, 3.63) is 282 Å². The Kier molecular flexibility index (Phi) is 18.9. The smallest absolute Gasteiger partial charge is 0.0462 e. The van der Waals surface area contributed by atoms with Gasteiger partial charge in [0.1, 0.15) is 0 Å². The molecule has 8 rings (SSSR count). The molecule has 2 nitrogen and oxygen atoms in total. The van der Waals surface area contributed by atoms with Crippen LogP contribution in [0.15, 0.2) is 265 Å². The van der Waals surface area contributed by atoms with Crippen molar-refractivity contribution in [3.63, 3.8) is 0 Å². The van der Waals surface area contributed by atoms with Gasteiger partial charge in [0, 0.05) is 40.6 Å². The van der Waals surface area contributed by atoms with Gasteiger partial charge in [0.15, 0.2) is 0 Å². The third-order valence-electron chi connectivity index (χ3n) is 14.0. The molecule has 2 aliphatic carbocycles. The van der Waals surface area contributed by atoms with Crippen molar-refractivity contribution in [2.45, 2.75) is 98.3 Å². The highest BCUT2D eigenvalue weighted by atomic mass is 15.2. The van der Waals surface area contributed by atoms with E-state index >= 15 is 0 Å². The number of para-hydroxylation sites is 2. The largest absolute Gasteiger partial charge is 0.318 e. The van der Waals surface area contributed by atoms with E-state index in [0.29, 0.717) is 5.92 Å². The molecular weight excluding hydrogens is 869 g/mol. The van der Waals surface area contributed by atoms with Crippen LogP contribution in [0, 0.1) is 5.92 Å². The van der Waals surface area contributed by atoms with Crippen molar-refractivity contribution in [1.29, 1.82) is 0 Å². The minimum absolute atomic E-state index is 0.291. The van der Waals surface area contributed by atoms with Gasteiger partial charge in [-0.3, -0.25) is 0 Å². The fourth-order valence-electron chi connectivity index (χ4n) is 9.81. The first-order chi connectivity index (χ1) is 35.5. The molecule has 0 N–H and O–H groups in total. The molecule has 364 valence electrons. The molecule has 1 unspecified atom stereocenters. The minimum Gasteiger partial charge on any atom is -0.318 e. The second kappa shape index (κ2) is 26.7. The molecule has 6 aromatic carbocycles. The number of rotatable bonds is 22. The van der Waals surface area contributed by atoms with E-state index in [4.69, 9.17) is 0 Å². The Morgan fingerprint density at radius 1 is 0.611 bits per heavy atom. The molecule has 0 aromatic heterocycles. The molecule has 72 heavy (non-hydrogen) atoms. The van der Waals surface area contributed by atoms with Crippen molar-refractivity contribution in [3.8, 4) is 11.1 Å². The molecule has 2 heteroatoms. The Bertz CT molecular complexity index is 2940. The molecule has 2 aliphatic rings. The highest BCUT2D eigenvalue weighted by molar-refractivity contribution is 5.79. The van der Waals surface area contributed by atoms with Gasteiger partial charge >= 0.3 is 0 Å². The minimum atomic E-state index is 0.291. The second-order valence-electron chi connectivity index (χ2n) is 19.2. The van der Waals surface area contributed by atoms with Crippen molar-refractivity contribution < 1.29 is 0 Å². The van der Waals surface area contributed by atoms with Crippen LogP contribution in [0.25, 0.3) is 16.7 Å². The van der Waals surface area contributed by atoms with Gasteiger partial charge in [0.2, 0.25) is 0 Å². The number of allylic oxidation sites excluding steroid dienone is 17. The SMILES string of the molecule is CCCC/C=C\Cc1cccc(C/C=C(\C/C=C\C(C)/C(=C/C=C(\C)c2ccc(N(c3ccccc3)c3ccc(-c4ccccc4)cc3)cc2)CC)N(C2=CC=C(C3=CCCC=C3)CC2)c2ccccc2)c1. The van der Waals surface area contributed by atoms with E-state index in [1.807, 2.05) is 0 Å². The summed E-state index contributed by atoms with van der Waals surface area (Å²) >= 11 is 0. The summed E-state index contributed by atoms with van der Waals surface area (Å²) < 4.78 is 0. The normalized spacial score (nSPS) is 14.8. The maximum atomic E-state index is 2.54. The summed E-state index contributed by atoms with van der Waals surface area (Å²) in [6.45, 7) is 9.12. The number of benzene rings is 6. The quantitative estimate of drug-likeness (QED) is 0.0380. The Balaban J connectivity index is 1.02. The lowest BCUT2D eigenvalue weighted by Crippen LogP contribution is -2.23. The van der Waals surface area contributed by atoms with Crippen molar-refractivity contribution in [1.82, 2.24) is 0 Å². The highest BCUT2D eigenvalue weighted by Gasteiger charge is 2.20. The van der Waals surface area contributed by atoms with E-state index < -0.39 is 0 Å². The van der Waals surface area contributed by atoms with Crippen LogP contribution in [0.5, 0.6) is 0 Å². The average Bonchev–Trinajstić information content (AvgIpc) is 3.44. The molecule has 0 fully saturated rings. The van der Waals surface area contributed by atoms with Crippen LogP contribution < -0.4 is 9.80 Å². The first-order valence-corrected chi connectivity index (χ1v) is 26.7. The molecule has 0 bridgehead atoms. The van der Waals surface area contributed by atoms with E-state index in [9.17, 15) is 0 Å². The topological polar surface area (TPSA) is 6.48 Å². The van der Waals surface area contributed by atoms with Gasteiger partial charge in [-0.05, 0) is 163 Å². The zero-order chi connectivity index (χ0) is 49.7. The maximum absolute atomic E-state index is 2.54. The fraction of sp³-hybridized carbons (Fsp3) is 0.229. The van der Waals surface area contributed by atoms with Gasteiger partial charge in [-0.15, -0.1) is 0 Å². The molecule has 6 aromatic rings. The average molecular weight is 943 g/mol. The van der Waals surface area contributed by atoms with Gasteiger partial charge in [-0.2, -0.15) is 0 Å². The van der Waals surface area contributed by atoms with Crippen LogP contribution in [-0.2, 0) is 12.8 Å². The van der Waals surface area contributed by atoms with Crippen molar-refractivity contribution in [2.24, 2.45) is 5.92 Å². The number of nitrogens with zero attached hydrogens (tertiary/aromatic N) is 2. The van der Waals surface area contributed by atoms with Gasteiger partial charge in [-0.1, -0.05) is 221 Å². The Hall–Kier alpha value is -7.42. The van der Waals surface area contributed by atoms with Gasteiger partial charge in [0.25, 0.3) is 0 Å². The zero-order valence-electron chi connectivity index (χ0n) is 43.3. The summed E-state index contributed by atoms with van der Waals surface area (Å²) in [7, 11) is 0. The first-order valence-electron chi connectivity index (χ1n) is 26.7. The molecule has 1 atom stereocenters. The molecule has 0 aliphatic heterocycles. The second-order valence-corrected chi connectivity index (χ2v) is 19.2. The monoisotopic (exact) mass is 943 g/mol. The molecule has 0 saturated carbocycles. The lowest BCUT2D eigenvalue weighted by Gasteiger charge is -2.32. The van der Waals surface area contributed by atoms with E-state index in [1.165, 1.54) is 80.0 Å². The van der Waals surface area contributed by atoms with Crippen LogP contribution in [0.2, 0.25) is 0 Å². The molecule has 0 saturated heterocycles. The van der Waals surface area contributed by atoms with Gasteiger partial charge < -0.3 is 9.80 Å². The summed E-state index contributed by atoms with van der Waals surface area (Å²) in [4.78, 5) is 4.88. The van der Waals surface area contributed by atoms with Crippen LogP contribution in [0.3, 0.4) is 0 Å². The zero-order valence-corrected chi connectivity index (χ0v) is 43.3. The van der Waals surface area contributed by atoms with Crippen LogP contribution >= 0.6 is 0 Å². The number of anilines is 4. The number of hydrogen-bond acceptors (Lipinski definition) is 2. The summed E-state index contributed by atoms with van der Waals surface area (Å²) in [5, 5.41) is 0. The van der Waals surface area contributed by atoms with Gasteiger partial charge in [-0.25, -0.2) is 0 Å². The number of unbranched alkanes of at least 4 members (excludes halogenated alkanes) is 2. The molecule has 0 spiro atoms. The Morgan fingerprint density at radius 3 is 1.92 bits per heavy atom. The number of hydrogen-bond donors (Lipinski definition) is 0. The van der Waals surface area contributed by atoms with E-state index in [2.05, 4.69) is 274 Å². The lowest BCUT2D eigenvalue weighted by molar-refractivity contribution is 0.803. The lowest BCUT2D eigenvalue weighted by atomic mass is 9.91. The molecular formula is C70H74N2. The van der Waals surface area contributed by atoms with E-state index in [0.717, 1.165) is 74.8 Å². The molecule has 0 amide bonds. The van der Waals surface area contributed by atoms with Crippen molar-refractivity contribution >= 4 is 28.3 Å². The predicted octanol–water partition coefficient (Wildman–Crippen LogP) is 19.9. The summed E-state index contributed by atoms with van der Waals surface area (Å²) in [6.07, 6.45) is 40.1.